The van der Waals surface area contributed by atoms with Crippen molar-refractivity contribution in [2.24, 2.45) is 11.8 Å². The van der Waals surface area contributed by atoms with E-state index in [1.807, 2.05) is 74.5 Å². The van der Waals surface area contributed by atoms with Crippen molar-refractivity contribution in [2.45, 2.75) is 157 Å². The topological polar surface area (TPSA) is 314 Å². The highest BCUT2D eigenvalue weighted by Crippen LogP contribution is 2.40. The largest absolute Gasteiger partial charge is 0.805 e. The molecule has 0 aliphatic heterocycles. The molecule has 6 aromatic rings. The van der Waals surface area contributed by atoms with Crippen molar-refractivity contribution in [3.63, 3.8) is 0 Å². The Morgan fingerprint density at radius 1 is 0.500 bits per heavy atom. The molecule has 0 fully saturated rings. The molecular weight excluding hydrogens is 1260 g/mol. The summed E-state index contributed by atoms with van der Waals surface area (Å²) >= 11 is 0. The molecule has 0 spiro atoms. The highest BCUT2D eigenvalue weighted by molar-refractivity contribution is 7.34. The third-order valence-corrected chi connectivity index (χ3v) is 16.4. The van der Waals surface area contributed by atoms with Crippen LogP contribution in [-0.2, 0) is 44.5 Å². The number of carbonyl (C=O) groups is 8. The van der Waals surface area contributed by atoms with Gasteiger partial charge in [0.05, 0.1) is 61.5 Å². The summed E-state index contributed by atoms with van der Waals surface area (Å²) in [6.07, 6.45) is 4.92. The van der Waals surface area contributed by atoms with Crippen molar-refractivity contribution < 1.29 is 80.0 Å². The van der Waals surface area contributed by atoms with Crippen LogP contribution >= 0.6 is 8.25 Å². The molecule has 0 saturated heterocycles. The normalized spacial score (nSPS) is 12.4. The summed E-state index contributed by atoms with van der Waals surface area (Å²) in [7, 11) is -2.96. The van der Waals surface area contributed by atoms with Gasteiger partial charge in [-0.2, -0.15) is 10.1 Å². The number of hydroxylamine groups is 4. The Morgan fingerprint density at radius 3 is 1.22 bits per heavy atom. The molecule has 4 atom stereocenters. The minimum atomic E-state index is -2.96. The minimum absolute atomic E-state index is 0.0489. The molecule has 2 aromatic heterocycles. The molecule has 2 heterocycles. The Morgan fingerprint density at radius 2 is 0.875 bits per heavy atom. The van der Waals surface area contributed by atoms with Gasteiger partial charge in [0.2, 0.25) is 24.6 Å². The number of rotatable bonds is 40. The molecule has 0 unspecified atom stereocenters. The van der Waals surface area contributed by atoms with Crippen LogP contribution in [0.25, 0.3) is 22.6 Å². The average Bonchev–Trinajstić information content (AvgIpc) is 1.59. The molecule has 0 bridgehead atoms. The van der Waals surface area contributed by atoms with E-state index in [1.165, 1.54) is 48.5 Å². The van der Waals surface area contributed by atoms with Gasteiger partial charge in [0.1, 0.15) is 23.0 Å². The number of ether oxygens (including phenoxy) is 2. The van der Waals surface area contributed by atoms with Crippen LogP contribution in [0.15, 0.2) is 130 Å². The van der Waals surface area contributed by atoms with Gasteiger partial charge < -0.3 is 59.9 Å². The van der Waals surface area contributed by atoms with Crippen LogP contribution in [-0.4, -0.2) is 97.4 Å². The smallest absolute Gasteiger partial charge is 0.494 e. The van der Waals surface area contributed by atoms with E-state index in [0.29, 0.717) is 61.1 Å². The van der Waals surface area contributed by atoms with Crippen LogP contribution in [0.4, 0.5) is 9.59 Å². The first-order valence-electron chi connectivity index (χ1n) is 32.4. The van der Waals surface area contributed by atoms with E-state index >= 15 is 0 Å². The van der Waals surface area contributed by atoms with Crippen LogP contribution in [0.1, 0.15) is 166 Å². The maximum Gasteiger partial charge on any atom is 0.805 e. The molecule has 25 nitrogen and oxygen atoms in total. The van der Waals surface area contributed by atoms with Crippen LogP contribution in [0.3, 0.4) is 0 Å². The second-order valence-corrected chi connectivity index (χ2v) is 24.3. The first-order chi connectivity index (χ1) is 46.1. The second-order valence-electron chi connectivity index (χ2n) is 23.5. The third kappa shape index (κ3) is 22.1. The van der Waals surface area contributed by atoms with Crippen LogP contribution in [0.2, 0.25) is 0 Å². The van der Waals surface area contributed by atoms with E-state index in [2.05, 4.69) is 31.9 Å². The van der Waals surface area contributed by atoms with Crippen molar-refractivity contribution in [1.82, 2.24) is 42.0 Å². The van der Waals surface area contributed by atoms with E-state index in [1.54, 1.807) is 67.5 Å². The standard InChI is InChI=1S/C70H89N8O17P/c1-11-17-21-31-55(57(13-3)77(45-79)92-67(85)75-69(7,8)49-27-23-19-24-28-49)63(81)71-43-73-65(83)61-35-33-59(90-61)47-37-51(88-15-5)41-53(39-47)94-96(87)95-54-40-48(38-52(42-54)89-16-6)60-34-36-62(91-60)66(84)74-44-72-64(82)56(32-22-18-12-2)58(14-4)78(46-80)93-68(86)76-70(9,10)50-29-25-20-26-30-50/h19-20,23-30,33-42,45-46,55-58H,11-18,21-22,31-32,43-44H2,1-10H3,(H5-,71,72,73,74,75,76,81,82,83,84,85,86)/p+1/t55-,56-,57-,58-/m1/s1. The van der Waals surface area contributed by atoms with Crippen molar-refractivity contribution >= 4 is 56.9 Å². The maximum atomic E-state index is 13.9. The van der Waals surface area contributed by atoms with Gasteiger partial charge in [-0.15, -0.1) is 0 Å². The molecule has 516 valence electrons. The first kappa shape index (κ1) is 75.1. The lowest BCUT2D eigenvalue weighted by atomic mass is 9.90. The molecule has 0 saturated carbocycles. The van der Waals surface area contributed by atoms with Gasteiger partial charge >= 0.3 is 20.4 Å². The maximum absolute atomic E-state index is 13.9. The fraction of sp³-hybridized carbons (Fsp3) is 0.429. The molecule has 4 aromatic carbocycles. The predicted molar refractivity (Wildman–Crippen MR) is 358 cm³/mol. The zero-order chi connectivity index (χ0) is 69.8. The summed E-state index contributed by atoms with van der Waals surface area (Å²) in [6.45, 7) is 18.2. The summed E-state index contributed by atoms with van der Waals surface area (Å²) in [5, 5.41) is 18.1. The quantitative estimate of drug-likeness (QED) is 0.00684. The zero-order valence-corrected chi connectivity index (χ0v) is 57.1. The summed E-state index contributed by atoms with van der Waals surface area (Å²) < 4.78 is 48.9. The Balaban J connectivity index is 1.06. The van der Waals surface area contributed by atoms with Gasteiger partial charge in [-0.3, -0.25) is 28.8 Å². The van der Waals surface area contributed by atoms with Gasteiger partial charge in [-0.05, 0) is 127 Å². The number of unbranched alkanes of at least 4 members (excludes halogenated alkanes) is 4. The van der Waals surface area contributed by atoms with E-state index in [-0.39, 0.29) is 73.9 Å². The van der Waals surface area contributed by atoms with Gasteiger partial charge in [0.25, 0.3) is 11.8 Å². The number of hydrogen-bond acceptors (Lipinski definition) is 17. The molecule has 0 aliphatic carbocycles. The fourth-order valence-corrected chi connectivity index (χ4v) is 11.4. The van der Waals surface area contributed by atoms with Crippen molar-refractivity contribution in [3.8, 4) is 45.6 Å². The number of nitrogens with one attached hydrogen (secondary N) is 6. The summed E-state index contributed by atoms with van der Waals surface area (Å²) in [4.78, 5) is 117. The summed E-state index contributed by atoms with van der Waals surface area (Å²) in [6, 6.07) is 32.0. The fourth-order valence-electron chi connectivity index (χ4n) is 10.8. The number of nitrogens with zero attached hydrogens (tertiary/aromatic N) is 2. The lowest BCUT2D eigenvalue weighted by Gasteiger charge is -2.33. The molecule has 0 radical (unpaired) electrons. The lowest BCUT2D eigenvalue weighted by molar-refractivity contribution is -0.170. The summed E-state index contributed by atoms with van der Waals surface area (Å²) in [5.74, 6) is -3.01. The van der Waals surface area contributed by atoms with Gasteiger partial charge in [0, 0.05) is 27.8 Å². The Hall–Kier alpha value is -9.90. The van der Waals surface area contributed by atoms with Crippen molar-refractivity contribution in [1.29, 1.82) is 0 Å². The summed E-state index contributed by atoms with van der Waals surface area (Å²) in [5.41, 5.74) is 0.685. The van der Waals surface area contributed by atoms with Gasteiger partial charge in [-0.1, -0.05) is 127 Å². The second kappa shape index (κ2) is 37.3. The molecule has 26 heteroatoms. The minimum Gasteiger partial charge on any atom is -0.494 e. The highest BCUT2D eigenvalue weighted by atomic mass is 31.1. The molecule has 6 N–H and O–H groups in total. The Bertz CT molecular complexity index is 3320. The highest BCUT2D eigenvalue weighted by Gasteiger charge is 2.37. The molecule has 96 heavy (non-hydrogen) atoms. The SMILES string of the molecule is CCCCC[C@@H](C(=O)NCNC(=O)c1ccc(-c2cc(OCC)cc(O[P+](=O)Oc3cc(OCC)cc(-c4ccc(C(=O)NCNC(=O)[C@H](CCCCC)[C@@H](CC)N(C=O)OC(=O)NC(C)(C)c5ccccc5)o4)c3)c2)o1)[C@@H](CC)N(C=O)OC(=O)NC(C)(C)c1ccccc1. The monoisotopic (exact) mass is 1350 g/mol. The number of carbonyl (C=O) groups excluding carboxylic acids is 8. The van der Waals surface area contributed by atoms with E-state index in [0.717, 1.165) is 46.9 Å². The predicted octanol–water partition coefficient (Wildman–Crippen LogP) is 12.7. The van der Waals surface area contributed by atoms with Gasteiger partial charge in [-0.25, -0.2) is 18.6 Å². The number of furan rings is 2. The molecule has 0 aliphatic rings. The zero-order valence-electron chi connectivity index (χ0n) is 56.2. The molecular formula is C70H90N8O17P+. The first-order valence-corrected chi connectivity index (χ1v) is 33.5. The average molecular weight is 1350 g/mol. The van der Waals surface area contributed by atoms with E-state index < -0.39 is 79.1 Å². The van der Waals surface area contributed by atoms with E-state index in [4.69, 9.17) is 37.0 Å². The van der Waals surface area contributed by atoms with E-state index in [9.17, 15) is 42.9 Å². The van der Waals surface area contributed by atoms with Crippen molar-refractivity contribution in [3.05, 3.63) is 144 Å². The lowest BCUT2D eigenvalue weighted by Crippen LogP contribution is -2.51. The third-order valence-electron chi connectivity index (χ3n) is 15.7. The Kier molecular flexibility index (Phi) is 29.2. The number of amides is 8. The van der Waals surface area contributed by atoms with Crippen LogP contribution in [0, 0.1) is 11.8 Å². The van der Waals surface area contributed by atoms with Crippen molar-refractivity contribution in [2.75, 3.05) is 26.6 Å². The van der Waals surface area contributed by atoms with Crippen LogP contribution in [0.5, 0.6) is 23.0 Å². The number of hydrogen-bond donors (Lipinski definition) is 6. The van der Waals surface area contributed by atoms with Crippen LogP contribution < -0.4 is 50.4 Å². The Labute approximate surface area is 561 Å². The number of benzene rings is 4. The van der Waals surface area contributed by atoms with Gasteiger partial charge in [0.15, 0.2) is 23.0 Å². The molecule has 6 rings (SSSR count). The molecule has 8 amide bonds.